The third kappa shape index (κ3) is 4.92. The van der Waals surface area contributed by atoms with Crippen LogP contribution in [0.25, 0.3) is 0 Å². The molecule has 0 heterocycles. The second-order valence-electron chi connectivity index (χ2n) is 4.47. The summed E-state index contributed by atoms with van der Waals surface area (Å²) in [5, 5.41) is 0.297. The van der Waals surface area contributed by atoms with Gasteiger partial charge in [0, 0.05) is 15.7 Å². The number of rotatable bonds is 6. The van der Waals surface area contributed by atoms with Crippen LogP contribution in [0, 0.1) is 0 Å². The Hall–Kier alpha value is -1.23. The van der Waals surface area contributed by atoms with Crippen molar-refractivity contribution in [3.63, 3.8) is 0 Å². The van der Waals surface area contributed by atoms with Gasteiger partial charge in [0.1, 0.15) is 10.6 Å². The number of aryl methyl sites for hydroxylation is 1. The van der Waals surface area contributed by atoms with Crippen LogP contribution in [0.3, 0.4) is 0 Å². The molecule has 0 spiro atoms. The summed E-state index contributed by atoms with van der Waals surface area (Å²) in [5.74, 6) is 0.225. The van der Waals surface area contributed by atoms with Gasteiger partial charge in [-0.25, -0.2) is 8.42 Å². The lowest BCUT2D eigenvalue weighted by Gasteiger charge is -2.10. The normalized spacial score (nSPS) is 11.3. The van der Waals surface area contributed by atoms with Crippen LogP contribution in [0.2, 0.25) is 5.02 Å². The fourth-order valence-electron chi connectivity index (χ4n) is 1.89. The quantitative estimate of drug-likeness (QED) is 0.580. The van der Waals surface area contributed by atoms with Gasteiger partial charge < -0.3 is 4.74 Å². The maximum Gasteiger partial charge on any atom is 0.265 e. The Balaban J connectivity index is 1.98. The second-order valence-corrected chi connectivity index (χ2v) is 7.44. The van der Waals surface area contributed by atoms with Crippen LogP contribution in [-0.4, -0.2) is 15.0 Å². The van der Waals surface area contributed by atoms with Gasteiger partial charge in [-0.15, -0.1) is 0 Å². The first-order valence-electron chi connectivity index (χ1n) is 6.38. The average Bonchev–Trinajstić information content (AvgIpc) is 2.45. The summed E-state index contributed by atoms with van der Waals surface area (Å²) in [4.78, 5) is -0.101. The number of hydrogen-bond donors (Lipinski definition) is 0. The van der Waals surface area contributed by atoms with Crippen LogP contribution in [0.5, 0.6) is 5.75 Å². The smallest absolute Gasteiger partial charge is 0.265 e. The molecule has 0 aliphatic carbocycles. The highest BCUT2D eigenvalue weighted by molar-refractivity contribution is 8.13. The maximum absolute atomic E-state index is 11.5. The van der Waals surface area contributed by atoms with E-state index in [4.69, 9.17) is 27.0 Å². The van der Waals surface area contributed by atoms with Crippen molar-refractivity contribution in [2.45, 2.75) is 17.7 Å². The van der Waals surface area contributed by atoms with E-state index < -0.39 is 9.05 Å². The number of ether oxygens (including phenoxy) is 1. The lowest BCUT2D eigenvalue weighted by Crippen LogP contribution is -2.03. The zero-order valence-corrected chi connectivity index (χ0v) is 13.5. The summed E-state index contributed by atoms with van der Waals surface area (Å²) in [6.45, 7) is 0.399. The van der Waals surface area contributed by atoms with E-state index in [0.29, 0.717) is 11.6 Å². The Labute approximate surface area is 133 Å². The molecule has 0 bridgehead atoms. The fourth-order valence-corrected chi connectivity index (χ4v) is 3.13. The van der Waals surface area contributed by atoms with E-state index in [0.717, 1.165) is 12.8 Å². The largest absolute Gasteiger partial charge is 0.492 e. The summed E-state index contributed by atoms with van der Waals surface area (Å²) < 4.78 is 28.5. The van der Waals surface area contributed by atoms with Gasteiger partial charge in [0.2, 0.25) is 0 Å². The molecule has 2 rings (SSSR count). The standard InChI is InChI=1S/C15H14Cl2O3S/c16-13-8-9-14(15(11-13)21(17,18)19)20-10-4-7-12-5-2-1-3-6-12/h1-3,5-6,8-9,11H,4,7,10H2. The minimum atomic E-state index is -3.88. The first-order valence-corrected chi connectivity index (χ1v) is 9.06. The average molecular weight is 345 g/mol. The van der Waals surface area contributed by atoms with Crippen LogP contribution in [0.1, 0.15) is 12.0 Å². The minimum absolute atomic E-state index is 0.101. The van der Waals surface area contributed by atoms with E-state index in [1.165, 1.54) is 17.7 Å². The molecule has 0 atom stereocenters. The van der Waals surface area contributed by atoms with Gasteiger partial charge in [-0.05, 0) is 36.6 Å². The molecule has 6 heteroatoms. The van der Waals surface area contributed by atoms with Crippen LogP contribution in [0.15, 0.2) is 53.4 Å². The van der Waals surface area contributed by atoms with Gasteiger partial charge >= 0.3 is 0 Å². The van der Waals surface area contributed by atoms with Crippen molar-refractivity contribution in [2.75, 3.05) is 6.61 Å². The fraction of sp³-hybridized carbons (Fsp3) is 0.200. The third-order valence-electron chi connectivity index (χ3n) is 2.88. The number of halogens is 2. The van der Waals surface area contributed by atoms with Crippen molar-refractivity contribution < 1.29 is 13.2 Å². The molecule has 0 amide bonds. The van der Waals surface area contributed by atoms with Crippen LogP contribution >= 0.6 is 22.3 Å². The van der Waals surface area contributed by atoms with E-state index in [9.17, 15) is 8.42 Å². The second kappa shape index (κ2) is 7.16. The molecule has 0 radical (unpaired) electrons. The molecular formula is C15H14Cl2O3S. The van der Waals surface area contributed by atoms with E-state index in [1.54, 1.807) is 6.07 Å². The molecule has 2 aromatic rings. The summed E-state index contributed by atoms with van der Waals surface area (Å²) in [6.07, 6.45) is 1.63. The lowest BCUT2D eigenvalue weighted by molar-refractivity contribution is 0.303. The van der Waals surface area contributed by atoms with Crippen molar-refractivity contribution in [3.05, 3.63) is 59.1 Å². The third-order valence-corrected chi connectivity index (χ3v) is 4.46. The summed E-state index contributed by atoms with van der Waals surface area (Å²) >= 11 is 5.79. The van der Waals surface area contributed by atoms with Crippen LogP contribution in [0.4, 0.5) is 0 Å². The van der Waals surface area contributed by atoms with Crippen molar-refractivity contribution >= 4 is 31.3 Å². The molecule has 0 aliphatic heterocycles. The highest BCUT2D eigenvalue weighted by Gasteiger charge is 2.17. The molecule has 3 nitrogen and oxygen atoms in total. The molecule has 2 aromatic carbocycles. The van der Waals surface area contributed by atoms with E-state index in [2.05, 4.69) is 0 Å². The molecule has 0 saturated heterocycles. The van der Waals surface area contributed by atoms with Gasteiger partial charge in [0.15, 0.2) is 0 Å². The van der Waals surface area contributed by atoms with Gasteiger partial charge in [-0.3, -0.25) is 0 Å². The molecule has 0 aromatic heterocycles. The maximum atomic E-state index is 11.5. The van der Waals surface area contributed by atoms with Gasteiger partial charge in [0.25, 0.3) is 9.05 Å². The SMILES string of the molecule is O=S(=O)(Cl)c1cc(Cl)ccc1OCCCc1ccccc1. The Bertz CT molecular complexity index is 700. The van der Waals surface area contributed by atoms with Crippen molar-refractivity contribution in [1.29, 1.82) is 0 Å². The molecule has 0 unspecified atom stereocenters. The Morgan fingerprint density at radius 1 is 1.05 bits per heavy atom. The monoisotopic (exact) mass is 344 g/mol. The molecule has 0 fully saturated rings. The zero-order valence-electron chi connectivity index (χ0n) is 11.1. The molecule has 21 heavy (non-hydrogen) atoms. The Morgan fingerprint density at radius 2 is 1.76 bits per heavy atom. The summed E-state index contributed by atoms with van der Waals surface area (Å²) in [7, 11) is 1.50. The van der Waals surface area contributed by atoms with Gasteiger partial charge in [0.05, 0.1) is 6.61 Å². The summed E-state index contributed by atoms with van der Waals surface area (Å²) in [5.41, 5.74) is 1.21. The first-order chi connectivity index (χ1) is 9.97. The van der Waals surface area contributed by atoms with Crippen LogP contribution < -0.4 is 4.74 Å². The molecule has 0 aliphatic rings. The Kier molecular flexibility index (Phi) is 5.51. The molecular weight excluding hydrogens is 331 g/mol. The number of benzene rings is 2. The minimum Gasteiger partial charge on any atom is -0.492 e. The van der Waals surface area contributed by atoms with E-state index >= 15 is 0 Å². The molecule has 0 N–H and O–H groups in total. The topological polar surface area (TPSA) is 43.4 Å². The van der Waals surface area contributed by atoms with Crippen LogP contribution in [-0.2, 0) is 15.5 Å². The molecule has 0 saturated carbocycles. The van der Waals surface area contributed by atoms with Gasteiger partial charge in [-0.1, -0.05) is 41.9 Å². The van der Waals surface area contributed by atoms with Crippen molar-refractivity contribution in [2.24, 2.45) is 0 Å². The highest BCUT2D eigenvalue weighted by Crippen LogP contribution is 2.30. The van der Waals surface area contributed by atoms with Crippen molar-refractivity contribution in [1.82, 2.24) is 0 Å². The van der Waals surface area contributed by atoms with E-state index in [-0.39, 0.29) is 10.6 Å². The van der Waals surface area contributed by atoms with Crippen molar-refractivity contribution in [3.8, 4) is 5.75 Å². The van der Waals surface area contributed by atoms with Gasteiger partial charge in [-0.2, -0.15) is 0 Å². The predicted molar refractivity (Wildman–Crippen MR) is 84.7 cm³/mol. The number of hydrogen-bond acceptors (Lipinski definition) is 3. The lowest BCUT2D eigenvalue weighted by atomic mass is 10.1. The predicted octanol–water partition coefficient (Wildman–Crippen LogP) is 4.28. The molecule has 112 valence electrons. The highest BCUT2D eigenvalue weighted by atomic mass is 35.7. The Morgan fingerprint density at radius 3 is 2.43 bits per heavy atom. The summed E-state index contributed by atoms with van der Waals surface area (Å²) in [6, 6.07) is 14.4. The van der Waals surface area contributed by atoms with E-state index in [1.807, 2.05) is 30.3 Å². The first kappa shape index (κ1) is 16.1. The zero-order chi connectivity index (χ0) is 15.3.